The quantitative estimate of drug-likeness (QED) is 0.654. The van der Waals surface area contributed by atoms with E-state index in [1.807, 2.05) is 0 Å². The molecule has 0 aliphatic heterocycles. The highest BCUT2D eigenvalue weighted by atomic mass is 16.5. The molecule has 0 N–H and O–H groups in total. The van der Waals surface area contributed by atoms with Crippen LogP contribution in [0.15, 0.2) is 30.3 Å². The first-order valence-electron chi connectivity index (χ1n) is 6.17. The Bertz CT molecular complexity index is 295. The maximum atomic E-state index is 5.12. The van der Waals surface area contributed by atoms with Gasteiger partial charge in [0.1, 0.15) is 0 Å². The molecular weight excluding hydrogens is 198 g/mol. The molecule has 0 amide bonds. The maximum absolute atomic E-state index is 5.12. The summed E-state index contributed by atoms with van der Waals surface area (Å²) in [4.78, 5) is 2.59. The molecule has 2 rings (SSSR count). The normalized spacial score (nSPS) is 15.6. The Balaban J connectivity index is 1.83. The van der Waals surface area contributed by atoms with Gasteiger partial charge in [-0.3, -0.25) is 4.90 Å². The monoisotopic (exact) mass is 219 g/mol. The number of methoxy groups -OCH3 is 1. The van der Waals surface area contributed by atoms with Gasteiger partial charge < -0.3 is 4.74 Å². The lowest BCUT2D eigenvalue weighted by molar-refractivity contribution is 0.166. The Labute approximate surface area is 98.2 Å². The van der Waals surface area contributed by atoms with Crippen molar-refractivity contribution in [3.05, 3.63) is 35.9 Å². The first-order valence-corrected chi connectivity index (χ1v) is 6.17. The SMILES string of the molecule is COCCCN(Cc1ccccc1)C1CC1. The van der Waals surface area contributed by atoms with Crippen molar-refractivity contribution < 1.29 is 4.74 Å². The molecule has 0 spiro atoms. The van der Waals surface area contributed by atoms with Gasteiger partial charge in [0.25, 0.3) is 0 Å². The first-order chi connectivity index (χ1) is 7.90. The molecule has 0 saturated heterocycles. The summed E-state index contributed by atoms with van der Waals surface area (Å²) >= 11 is 0. The first kappa shape index (κ1) is 11.6. The lowest BCUT2D eigenvalue weighted by Gasteiger charge is -2.21. The van der Waals surface area contributed by atoms with E-state index in [2.05, 4.69) is 35.2 Å². The highest BCUT2D eigenvalue weighted by Crippen LogP contribution is 2.28. The molecule has 0 bridgehead atoms. The van der Waals surface area contributed by atoms with Gasteiger partial charge in [-0.25, -0.2) is 0 Å². The molecule has 1 aromatic rings. The predicted molar refractivity (Wildman–Crippen MR) is 66.4 cm³/mol. The molecule has 1 aromatic carbocycles. The summed E-state index contributed by atoms with van der Waals surface area (Å²) in [6.45, 7) is 3.13. The van der Waals surface area contributed by atoms with E-state index in [4.69, 9.17) is 4.74 Å². The van der Waals surface area contributed by atoms with Gasteiger partial charge in [-0.05, 0) is 24.8 Å². The molecule has 16 heavy (non-hydrogen) atoms. The van der Waals surface area contributed by atoms with E-state index in [9.17, 15) is 0 Å². The van der Waals surface area contributed by atoms with Crippen molar-refractivity contribution in [2.75, 3.05) is 20.3 Å². The van der Waals surface area contributed by atoms with Crippen molar-refractivity contribution in [1.82, 2.24) is 4.90 Å². The minimum atomic E-state index is 0.831. The summed E-state index contributed by atoms with van der Waals surface area (Å²) in [6.07, 6.45) is 3.89. The lowest BCUT2D eigenvalue weighted by Crippen LogP contribution is -2.27. The van der Waals surface area contributed by atoms with Crippen LogP contribution in [0.1, 0.15) is 24.8 Å². The van der Waals surface area contributed by atoms with E-state index in [1.54, 1.807) is 7.11 Å². The molecule has 0 radical (unpaired) electrons. The second-order valence-corrected chi connectivity index (χ2v) is 4.53. The third kappa shape index (κ3) is 3.62. The van der Waals surface area contributed by atoms with Crippen LogP contribution in [0.2, 0.25) is 0 Å². The topological polar surface area (TPSA) is 12.5 Å². The fraction of sp³-hybridized carbons (Fsp3) is 0.571. The molecule has 0 heterocycles. The summed E-state index contributed by atoms with van der Waals surface area (Å²) in [6, 6.07) is 11.6. The van der Waals surface area contributed by atoms with Gasteiger partial charge in [-0.2, -0.15) is 0 Å². The molecular formula is C14H21NO. The minimum absolute atomic E-state index is 0.831. The molecule has 0 atom stereocenters. The molecule has 1 fully saturated rings. The summed E-state index contributed by atoms with van der Waals surface area (Å²) in [5, 5.41) is 0. The van der Waals surface area contributed by atoms with E-state index >= 15 is 0 Å². The molecule has 1 aliphatic rings. The minimum Gasteiger partial charge on any atom is -0.385 e. The smallest absolute Gasteiger partial charge is 0.0474 e. The van der Waals surface area contributed by atoms with Gasteiger partial charge in [0.15, 0.2) is 0 Å². The second-order valence-electron chi connectivity index (χ2n) is 4.53. The number of benzene rings is 1. The Morgan fingerprint density at radius 3 is 2.62 bits per heavy atom. The molecule has 1 saturated carbocycles. The Hall–Kier alpha value is -0.860. The Morgan fingerprint density at radius 1 is 1.25 bits per heavy atom. The van der Waals surface area contributed by atoms with E-state index in [0.29, 0.717) is 0 Å². The van der Waals surface area contributed by atoms with E-state index in [1.165, 1.54) is 18.4 Å². The zero-order chi connectivity index (χ0) is 11.2. The maximum Gasteiger partial charge on any atom is 0.0474 e. The zero-order valence-electron chi connectivity index (χ0n) is 10.1. The fourth-order valence-electron chi connectivity index (χ4n) is 2.06. The number of hydrogen-bond donors (Lipinski definition) is 0. The zero-order valence-corrected chi connectivity index (χ0v) is 10.1. The van der Waals surface area contributed by atoms with Crippen LogP contribution in [0.4, 0.5) is 0 Å². The number of ether oxygens (including phenoxy) is 1. The van der Waals surface area contributed by atoms with Crippen LogP contribution in [-0.2, 0) is 11.3 Å². The van der Waals surface area contributed by atoms with E-state index in [-0.39, 0.29) is 0 Å². The van der Waals surface area contributed by atoms with Gasteiger partial charge in [0.2, 0.25) is 0 Å². The van der Waals surface area contributed by atoms with Crippen LogP contribution in [-0.4, -0.2) is 31.2 Å². The molecule has 1 aliphatic carbocycles. The number of rotatable bonds is 7. The molecule has 0 unspecified atom stereocenters. The van der Waals surface area contributed by atoms with Gasteiger partial charge in [-0.15, -0.1) is 0 Å². The summed E-state index contributed by atoms with van der Waals surface area (Å²) < 4.78 is 5.12. The van der Waals surface area contributed by atoms with Crippen LogP contribution in [0.25, 0.3) is 0 Å². The summed E-state index contributed by atoms with van der Waals surface area (Å²) in [5.74, 6) is 0. The molecule has 2 nitrogen and oxygen atoms in total. The highest BCUT2D eigenvalue weighted by molar-refractivity contribution is 5.14. The molecule has 2 heteroatoms. The van der Waals surface area contributed by atoms with Crippen LogP contribution >= 0.6 is 0 Å². The average Bonchev–Trinajstić information content (AvgIpc) is 3.13. The highest BCUT2D eigenvalue weighted by Gasteiger charge is 2.28. The van der Waals surface area contributed by atoms with Gasteiger partial charge in [0.05, 0.1) is 0 Å². The number of hydrogen-bond acceptors (Lipinski definition) is 2. The Morgan fingerprint density at radius 2 is 2.00 bits per heavy atom. The van der Waals surface area contributed by atoms with Crippen LogP contribution < -0.4 is 0 Å². The number of nitrogens with zero attached hydrogens (tertiary/aromatic N) is 1. The van der Waals surface area contributed by atoms with Gasteiger partial charge >= 0.3 is 0 Å². The second kappa shape index (κ2) is 6.02. The van der Waals surface area contributed by atoms with Crippen molar-refractivity contribution in [3.63, 3.8) is 0 Å². The lowest BCUT2D eigenvalue weighted by atomic mass is 10.2. The summed E-state index contributed by atoms with van der Waals surface area (Å²) in [5.41, 5.74) is 1.42. The van der Waals surface area contributed by atoms with Crippen molar-refractivity contribution in [1.29, 1.82) is 0 Å². The van der Waals surface area contributed by atoms with E-state index in [0.717, 1.165) is 32.2 Å². The van der Waals surface area contributed by atoms with E-state index < -0.39 is 0 Å². The largest absolute Gasteiger partial charge is 0.385 e. The predicted octanol–water partition coefficient (Wildman–Crippen LogP) is 2.69. The third-order valence-electron chi connectivity index (χ3n) is 3.09. The Kier molecular flexibility index (Phi) is 4.37. The van der Waals surface area contributed by atoms with Crippen molar-refractivity contribution in [2.45, 2.75) is 31.8 Å². The van der Waals surface area contributed by atoms with Crippen LogP contribution in [0, 0.1) is 0 Å². The van der Waals surface area contributed by atoms with Gasteiger partial charge in [0, 0.05) is 32.8 Å². The van der Waals surface area contributed by atoms with Crippen molar-refractivity contribution >= 4 is 0 Å². The van der Waals surface area contributed by atoms with Crippen molar-refractivity contribution in [2.24, 2.45) is 0 Å². The van der Waals surface area contributed by atoms with Crippen LogP contribution in [0.5, 0.6) is 0 Å². The summed E-state index contributed by atoms with van der Waals surface area (Å²) in [7, 11) is 1.78. The average molecular weight is 219 g/mol. The fourth-order valence-corrected chi connectivity index (χ4v) is 2.06. The third-order valence-corrected chi connectivity index (χ3v) is 3.09. The molecule has 88 valence electrons. The van der Waals surface area contributed by atoms with Crippen molar-refractivity contribution in [3.8, 4) is 0 Å². The standard InChI is InChI=1S/C14H21NO/c1-16-11-5-10-15(14-8-9-14)12-13-6-3-2-4-7-13/h2-4,6-7,14H,5,8-12H2,1H3. The van der Waals surface area contributed by atoms with Gasteiger partial charge in [-0.1, -0.05) is 30.3 Å². The van der Waals surface area contributed by atoms with Crippen LogP contribution in [0.3, 0.4) is 0 Å². The molecule has 0 aromatic heterocycles.